The van der Waals surface area contributed by atoms with Gasteiger partial charge in [-0.15, -0.1) is 0 Å². The van der Waals surface area contributed by atoms with Crippen LogP contribution < -0.4 is 16.2 Å². The number of ether oxygens (including phenoxy) is 2. The molecule has 0 aromatic heterocycles. The summed E-state index contributed by atoms with van der Waals surface area (Å²) in [6.45, 7) is 0.174. The van der Waals surface area contributed by atoms with Gasteiger partial charge in [0, 0.05) is 16.7 Å². The molecule has 0 unspecified atom stereocenters. The van der Waals surface area contributed by atoms with E-state index in [1.807, 2.05) is 24.3 Å². The number of hydrogen-bond acceptors (Lipinski definition) is 5. The van der Waals surface area contributed by atoms with Gasteiger partial charge in [-0.1, -0.05) is 36.4 Å². The van der Waals surface area contributed by atoms with Crippen molar-refractivity contribution in [2.24, 2.45) is 11.5 Å². The van der Waals surface area contributed by atoms with Crippen molar-refractivity contribution in [1.29, 1.82) is 10.8 Å². The summed E-state index contributed by atoms with van der Waals surface area (Å²) in [4.78, 5) is 12.3. The summed E-state index contributed by atoms with van der Waals surface area (Å²) in [5.41, 5.74) is 15.0. The maximum Gasteiger partial charge on any atom is 0.338 e. The lowest BCUT2D eigenvalue weighted by Crippen LogP contribution is -2.11. The van der Waals surface area contributed by atoms with Gasteiger partial charge in [0.15, 0.2) is 0 Å². The molecule has 0 heterocycles. The average Bonchev–Trinajstić information content (AvgIpc) is 2.77. The van der Waals surface area contributed by atoms with E-state index in [2.05, 4.69) is 0 Å². The molecule has 0 fully saturated rings. The molecule has 7 nitrogen and oxygen atoms in total. The first-order chi connectivity index (χ1) is 14.4. The Bertz CT molecular complexity index is 1090. The molecule has 7 heteroatoms. The Morgan fingerprint density at radius 2 is 1.37 bits per heavy atom. The largest absolute Gasteiger partial charge is 0.489 e. The highest BCUT2D eigenvalue weighted by Gasteiger charge is 2.14. The van der Waals surface area contributed by atoms with Crippen molar-refractivity contribution in [3.8, 4) is 16.9 Å². The third-order valence-electron chi connectivity index (χ3n) is 4.60. The Hall–Kier alpha value is -4.13. The molecular weight excluding hydrogens is 380 g/mol. The first-order valence-corrected chi connectivity index (χ1v) is 9.12. The van der Waals surface area contributed by atoms with Gasteiger partial charge in [-0.05, 0) is 41.5 Å². The number of nitrogens with two attached hydrogens (primary N) is 2. The number of carbonyl (C=O) groups is 1. The van der Waals surface area contributed by atoms with Crippen LogP contribution in [0.1, 0.15) is 27.0 Å². The molecule has 0 aliphatic carbocycles. The van der Waals surface area contributed by atoms with Gasteiger partial charge in [-0.3, -0.25) is 10.8 Å². The monoisotopic (exact) mass is 402 g/mol. The smallest absolute Gasteiger partial charge is 0.338 e. The third kappa shape index (κ3) is 4.64. The van der Waals surface area contributed by atoms with Crippen molar-refractivity contribution >= 4 is 17.6 Å². The number of nitrogen functional groups attached to an aromatic ring is 2. The van der Waals surface area contributed by atoms with Crippen LogP contribution in [0.2, 0.25) is 0 Å². The lowest BCUT2D eigenvalue weighted by atomic mass is 9.98. The second-order valence-electron chi connectivity index (χ2n) is 6.58. The molecule has 30 heavy (non-hydrogen) atoms. The summed E-state index contributed by atoms with van der Waals surface area (Å²) in [5, 5.41) is 14.9. The Balaban J connectivity index is 1.84. The van der Waals surface area contributed by atoms with E-state index in [4.69, 9.17) is 31.8 Å². The van der Waals surface area contributed by atoms with Gasteiger partial charge in [0.2, 0.25) is 0 Å². The fourth-order valence-corrected chi connectivity index (χ4v) is 2.92. The van der Waals surface area contributed by atoms with Gasteiger partial charge in [0.25, 0.3) is 0 Å². The number of rotatable bonds is 7. The summed E-state index contributed by atoms with van der Waals surface area (Å²) in [5.74, 6) is 0.129. The zero-order chi connectivity index (χ0) is 21.7. The van der Waals surface area contributed by atoms with Gasteiger partial charge in [-0.25, -0.2) is 4.79 Å². The molecule has 0 amide bonds. The lowest BCUT2D eigenvalue weighted by molar-refractivity contribution is 0.0598. The minimum atomic E-state index is -0.456. The van der Waals surface area contributed by atoms with Crippen molar-refractivity contribution < 1.29 is 14.3 Å². The Morgan fingerprint density at radius 3 is 1.90 bits per heavy atom. The molecule has 0 bridgehead atoms. The standard InChI is InChI=1S/C23H22N4O3/c1-29-23(28)20-12-17(14-2-4-15(5-3-14)21(24)25)6-7-18(20)13-30-19-10-8-16(9-11-19)22(26)27/h2-12H,13H2,1H3,(H3,24,25)(H3,26,27). The van der Waals surface area contributed by atoms with Crippen molar-refractivity contribution in [2.45, 2.75) is 6.61 Å². The number of nitrogens with one attached hydrogen (secondary N) is 2. The zero-order valence-corrected chi connectivity index (χ0v) is 16.4. The van der Waals surface area contributed by atoms with Crippen molar-refractivity contribution in [2.75, 3.05) is 7.11 Å². The van der Waals surface area contributed by atoms with E-state index in [-0.39, 0.29) is 18.3 Å². The van der Waals surface area contributed by atoms with Crippen molar-refractivity contribution in [3.05, 3.63) is 89.0 Å². The Morgan fingerprint density at radius 1 is 0.833 bits per heavy atom. The average molecular weight is 402 g/mol. The van der Waals surface area contributed by atoms with E-state index in [1.165, 1.54) is 7.11 Å². The highest BCUT2D eigenvalue weighted by Crippen LogP contribution is 2.25. The van der Waals surface area contributed by atoms with E-state index in [0.29, 0.717) is 28.0 Å². The second kappa shape index (κ2) is 8.91. The SMILES string of the molecule is COC(=O)c1cc(-c2ccc(C(=N)N)cc2)ccc1COc1ccc(C(=N)N)cc1. The summed E-state index contributed by atoms with van der Waals surface area (Å²) < 4.78 is 10.7. The van der Waals surface area contributed by atoms with Gasteiger partial charge in [-0.2, -0.15) is 0 Å². The number of carbonyl (C=O) groups excluding carboxylic acids is 1. The molecule has 0 atom stereocenters. The van der Waals surface area contributed by atoms with Crippen LogP contribution in [0.4, 0.5) is 0 Å². The van der Waals surface area contributed by atoms with E-state index in [1.54, 1.807) is 42.5 Å². The Labute approximate surface area is 174 Å². The number of amidine groups is 2. The predicted molar refractivity (Wildman–Crippen MR) is 116 cm³/mol. The summed E-state index contributed by atoms with van der Waals surface area (Å²) >= 11 is 0. The molecule has 152 valence electrons. The minimum absolute atomic E-state index is 0.000585. The van der Waals surface area contributed by atoms with Crippen LogP contribution in [0.3, 0.4) is 0 Å². The molecular formula is C23H22N4O3. The fourth-order valence-electron chi connectivity index (χ4n) is 2.92. The number of hydrogen-bond donors (Lipinski definition) is 4. The van der Waals surface area contributed by atoms with Gasteiger partial charge in [0.05, 0.1) is 12.7 Å². The Kier molecular flexibility index (Phi) is 6.12. The van der Waals surface area contributed by atoms with Crippen LogP contribution in [0.25, 0.3) is 11.1 Å². The summed E-state index contributed by atoms with van der Waals surface area (Å²) in [6, 6.07) is 19.5. The molecule has 0 radical (unpaired) electrons. The second-order valence-corrected chi connectivity index (χ2v) is 6.58. The maximum absolute atomic E-state index is 12.3. The van der Waals surface area contributed by atoms with Gasteiger partial charge >= 0.3 is 5.97 Å². The van der Waals surface area contributed by atoms with Crippen LogP contribution >= 0.6 is 0 Å². The highest BCUT2D eigenvalue weighted by atomic mass is 16.5. The highest BCUT2D eigenvalue weighted by molar-refractivity contribution is 5.96. The number of benzene rings is 3. The van der Waals surface area contributed by atoms with Crippen LogP contribution in [0.5, 0.6) is 5.75 Å². The molecule has 0 aliphatic heterocycles. The van der Waals surface area contributed by atoms with Crippen molar-refractivity contribution in [3.63, 3.8) is 0 Å². The molecule has 6 N–H and O–H groups in total. The van der Waals surface area contributed by atoms with Crippen LogP contribution in [-0.4, -0.2) is 24.8 Å². The topological polar surface area (TPSA) is 135 Å². The quantitative estimate of drug-likeness (QED) is 0.273. The first kappa shape index (κ1) is 20.6. The van der Waals surface area contributed by atoms with Gasteiger partial charge in [0.1, 0.15) is 24.0 Å². The van der Waals surface area contributed by atoms with E-state index in [9.17, 15) is 4.79 Å². The summed E-state index contributed by atoms with van der Waals surface area (Å²) in [7, 11) is 1.34. The first-order valence-electron chi connectivity index (χ1n) is 9.12. The van der Waals surface area contributed by atoms with Crippen molar-refractivity contribution in [1.82, 2.24) is 0 Å². The van der Waals surface area contributed by atoms with E-state index >= 15 is 0 Å². The van der Waals surface area contributed by atoms with E-state index < -0.39 is 5.97 Å². The molecule has 0 spiro atoms. The molecule has 0 saturated carbocycles. The minimum Gasteiger partial charge on any atom is -0.489 e. The summed E-state index contributed by atoms with van der Waals surface area (Å²) in [6.07, 6.45) is 0. The van der Waals surface area contributed by atoms with Gasteiger partial charge < -0.3 is 20.9 Å². The lowest BCUT2D eigenvalue weighted by Gasteiger charge is -2.12. The fraction of sp³-hybridized carbons (Fsp3) is 0.0870. The number of methoxy groups -OCH3 is 1. The van der Waals surface area contributed by atoms with Crippen LogP contribution in [0.15, 0.2) is 66.7 Å². The van der Waals surface area contributed by atoms with Crippen LogP contribution in [-0.2, 0) is 11.3 Å². The van der Waals surface area contributed by atoms with E-state index in [0.717, 1.165) is 11.1 Å². The zero-order valence-electron chi connectivity index (χ0n) is 16.4. The molecule has 3 aromatic rings. The molecule has 3 rings (SSSR count). The molecule has 0 aliphatic rings. The normalized spacial score (nSPS) is 10.3. The third-order valence-corrected chi connectivity index (χ3v) is 4.60. The number of esters is 1. The molecule has 0 saturated heterocycles. The molecule has 3 aromatic carbocycles. The predicted octanol–water partition coefficient (Wildman–Crippen LogP) is 3.29. The maximum atomic E-state index is 12.3. The van der Waals surface area contributed by atoms with Crippen LogP contribution in [0, 0.1) is 10.8 Å².